The Labute approximate surface area is 118 Å². The Hall–Kier alpha value is -1.26. The molecule has 1 aliphatic heterocycles. The number of nitrogens with one attached hydrogen (secondary N) is 1. The van der Waals surface area contributed by atoms with Crippen molar-refractivity contribution in [1.29, 1.82) is 0 Å². The molecule has 1 N–H and O–H groups in total. The van der Waals surface area contributed by atoms with Crippen molar-refractivity contribution < 1.29 is 14.3 Å². The van der Waals surface area contributed by atoms with Gasteiger partial charge in [0.05, 0.1) is 24.8 Å². The number of carbonyl (C=O) groups is 1. The van der Waals surface area contributed by atoms with E-state index in [1.165, 1.54) is 7.11 Å². The van der Waals surface area contributed by atoms with Gasteiger partial charge in [0.25, 0.3) is 0 Å². The Morgan fingerprint density at radius 1 is 1.37 bits per heavy atom. The van der Waals surface area contributed by atoms with Crippen LogP contribution in [0, 0.1) is 0 Å². The lowest BCUT2D eigenvalue weighted by molar-refractivity contribution is 0.112. The van der Waals surface area contributed by atoms with Crippen LogP contribution in [0.5, 0.6) is 11.5 Å². The van der Waals surface area contributed by atoms with Crippen LogP contribution in [0.2, 0.25) is 5.02 Å². The van der Waals surface area contributed by atoms with Crippen molar-refractivity contribution in [3.8, 4) is 11.5 Å². The summed E-state index contributed by atoms with van der Waals surface area (Å²) in [5.41, 5.74) is 1.34. The molecule has 104 valence electrons. The lowest BCUT2D eigenvalue weighted by Crippen LogP contribution is -2.28. The summed E-state index contributed by atoms with van der Waals surface area (Å²) in [5.74, 6) is 1.36. The van der Waals surface area contributed by atoms with Gasteiger partial charge in [0.15, 0.2) is 17.8 Å². The number of benzene rings is 1. The number of hydrogen-bond acceptors (Lipinski definition) is 4. The first-order chi connectivity index (χ1) is 9.22. The number of rotatable bonds is 4. The van der Waals surface area contributed by atoms with Crippen LogP contribution in [0.3, 0.4) is 0 Å². The third-order valence-electron chi connectivity index (χ3n) is 3.52. The van der Waals surface area contributed by atoms with Crippen LogP contribution in [0.1, 0.15) is 34.7 Å². The van der Waals surface area contributed by atoms with Gasteiger partial charge in [-0.15, -0.1) is 0 Å². The van der Waals surface area contributed by atoms with Crippen LogP contribution in [-0.4, -0.2) is 33.6 Å². The van der Waals surface area contributed by atoms with Crippen molar-refractivity contribution in [2.75, 3.05) is 27.3 Å². The van der Waals surface area contributed by atoms with Crippen molar-refractivity contribution in [2.45, 2.75) is 18.8 Å². The largest absolute Gasteiger partial charge is 0.493 e. The van der Waals surface area contributed by atoms with Gasteiger partial charge in [-0.25, -0.2) is 0 Å². The van der Waals surface area contributed by atoms with Gasteiger partial charge in [0.1, 0.15) is 0 Å². The molecular weight excluding hydrogens is 266 g/mol. The molecule has 1 unspecified atom stereocenters. The van der Waals surface area contributed by atoms with Gasteiger partial charge in [-0.05, 0) is 25.5 Å². The summed E-state index contributed by atoms with van der Waals surface area (Å²) in [5, 5.41) is 3.77. The van der Waals surface area contributed by atoms with Crippen molar-refractivity contribution in [3.63, 3.8) is 0 Å². The van der Waals surface area contributed by atoms with Crippen LogP contribution in [0.4, 0.5) is 0 Å². The molecule has 5 heteroatoms. The molecule has 0 radical (unpaired) electrons. The summed E-state index contributed by atoms with van der Waals surface area (Å²) in [6.45, 7) is 1.92. The third kappa shape index (κ3) is 2.69. The molecule has 0 spiro atoms. The van der Waals surface area contributed by atoms with E-state index in [0.717, 1.165) is 31.5 Å². The number of hydrogen-bond donors (Lipinski definition) is 1. The van der Waals surface area contributed by atoms with Gasteiger partial charge in [0, 0.05) is 18.0 Å². The number of carbonyl (C=O) groups excluding carboxylic acids is 1. The monoisotopic (exact) mass is 283 g/mol. The van der Waals surface area contributed by atoms with Gasteiger partial charge in [-0.3, -0.25) is 4.79 Å². The van der Waals surface area contributed by atoms with Crippen LogP contribution >= 0.6 is 11.6 Å². The van der Waals surface area contributed by atoms with E-state index in [2.05, 4.69) is 5.32 Å². The van der Waals surface area contributed by atoms with Crippen LogP contribution < -0.4 is 14.8 Å². The van der Waals surface area contributed by atoms with E-state index in [4.69, 9.17) is 21.1 Å². The molecule has 0 bridgehead atoms. The van der Waals surface area contributed by atoms with Crippen LogP contribution in [0.15, 0.2) is 6.07 Å². The number of aldehydes is 1. The molecule has 1 saturated heterocycles. The van der Waals surface area contributed by atoms with E-state index in [1.54, 1.807) is 7.11 Å². The third-order valence-corrected chi connectivity index (χ3v) is 3.83. The van der Waals surface area contributed by atoms with Crippen molar-refractivity contribution in [1.82, 2.24) is 5.32 Å². The second-order valence-corrected chi connectivity index (χ2v) is 5.00. The molecule has 1 heterocycles. The Balaban J connectivity index is 2.53. The maximum Gasteiger partial charge on any atom is 0.173 e. The highest BCUT2D eigenvalue weighted by Gasteiger charge is 2.25. The Kier molecular flexibility index (Phi) is 4.66. The van der Waals surface area contributed by atoms with Gasteiger partial charge in [0.2, 0.25) is 0 Å². The SMILES string of the molecule is COc1c(C2CCCNC2)cc(Cl)c(C=O)c1OC. The summed E-state index contributed by atoms with van der Waals surface area (Å²) >= 11 is 6.17. The molecule has 2 rings (SSSR count). The molecule has 1 aromatic carbocycles. The predicted molar refractivity (Wildman–Crippen MR) is 74.8 cm³/mol. The zero-order valence-corrected chi connectivity index (χ0v) is 11.9. The molecule has 1 aromatic rings. The van der Waals surface area contributed by atoms with Gasteiger partial charge in [-0.1, -0.05) is 11.6 Å². The minimum Gasteiger partial charge on any atom is -0.493 e. The molecule has 0 aromatic heterocycles. The Bertz CT molecular complexity index is 470. The predicted octanol–water partition coefficient (Wildman–Crippen LogP) is 2.64. The van der Waals surface area contributed by atoms with Gasteiger partial charge >= 0.3 is 0 Å². The average Bonchev–Trinajstić information content (AvgIpc) is 2.46. The summed E-state index contributed by atoms with van der Waals surface area (Å²) in [4.78, 5) is 11.1. The summed E-state index contributed by atoms with van der Waals surface area (Å²) < 4.78 is 10.8. The van der Waals surface area contributed by atoms with Crippen molar-refractivity contribution >= 4 is 17.9 Å². The number of piperidine rings is 1. The first kappa shape index (κ1) is 14.2. The maximum atomic E-state index is 11.1. The van der Waals surface area contributed by atoms with Crippen LogP contribution in [0.25, 0.3) is 0 Å². The average molecular weight is 284 g/mol. The molecule has 0 aliphatic carbocycles. The summed E-state index contributed by atoms with van der Waals surface area (Å²) in [7, 11) is 3.10. The second-order valence-electron chi connectivity index (χ2n) is 4.59. The quantitative estimate of drug-likeness (QED) is 0.863. The number of halogens is 1. The molecular formula is C14H18ClNO3. The normalized spacial score (nSPS) is 19.0. The first-order valence-corrected chi connectivity index (χ1v) is 6.71. The fraction of sp³-hybridized carbons (Fsp3) is 0.500. The zero-order valence-electron chi connectivity index (χ0n) is 11.2. The minimum absolute atomic E-state index is 0.329. The standard InChI is InChI=1S/C14H18ClNO3/c1-18-13-10(9-4-3-5-16-7-9)6-12(15)11(8-17)14(13)19-2/h6,8-9,16H,3-5,7H2,1-2H3. The second kappa shape index (κ2) is 6.26. The Morgan fingerprint density at radius 2 is 2.11 bits per heavy atom. The topological polar surface area (TPSA) is 47.6 Å². The number of methoxy groups -OCH3 is 2. The van der Waals surface area contributed by atoms with E-state index in [-0.39, 0.29) is 0 Å². The number of ether oxygens (including phenoxy) is 2. The molecule has 0 saturated carbocycles. The molecule has 1 aliphatic rings. The molecule has 1 fully saturated rings. The van der Waals surface area contributed by atoms with Gasteiger partial charge < -0.3 is 14.8 Å². The zero-order chi connectivity index (χ0) is 13.8. The maximum absolute atomic E-state index is 11.1. The lowest BCUT2D eigenvalue weighted by Gasteiger charge is -2.26. The summed E-state index contributed by atoms with van der Waals surface area (Å²) in [6.07, 6.45) is 2.89. The first-order valence-electron chi connectivity index (χ1n) is 6.33. The highest BCUT2D eigenvalue weighted by molar-refractivity contribution is 6.33. The van der Waals surface area contributed by atoms with E-state index >= 15 is 0 Å². The fourth-order valence-corrected chi connectivity index (χ4v) is 2.83. The molecule has 4 nitrogen and oxygen atoms in total. The Morgan fingerprint density at radius 3 is 2.63 bits per heavy atom. The lowest BCUT2D eigenvalue weighted by atomic mass is 9.90. The summed E-state index contributed by atoms with van der Waals surface area (Å²) in [6, 6.07) is 1.82. The van der Waals surface area contributed by atoms with Crippen LogP contribution in [-0.2, 0) is 0 Å². The molecule has 19 heavy (non-hydrogen) atoms. The van der Waals surface area contributed by atoms with E-state index < -0.39 is 0 Å². The molecule has 1 atom stereocenters. The highest BCUT2D eigenvalue weighted by Crippen LogP contribution is 2.43. The fourth-order valence-electron chi connectivity index (χ4n) is 2.59. The molecule has 0 amide bonds. The minimum atomic E-state index is 0.329. The van der Waals surface area contributed by atoms with Crippen molar-refractivity contribution in [3.05, 3.63) is 22.2 Å². The van der Waals surface area contributed by atoms with Gasteiger partial charge in [-0.2, -0.15) is 0 Å². The van der Waals surface area contributed by atoms with E-state index in [9.17, 15) is 4.79 Å². The van der Waals surface area contributed by atoms with Crippen molar-refractivity contribution in [2.24, 2.45) is 0 Å². The van der Waals surface area contributed by atoms with E-state index in [0.29, 0.717) is 34.3 Å². The van der Waals surface area contributed by atoms with E-state index in [1.807, 2.05) is 6.07 Å². The smallest absolute Gasteiger partial charge is 0.173 e. The highest BCUT2D eigenvalue weighted by atomic mass is 35.5.